The van der Waals surface area contributed by atoms with E-state index in [1.807, 2.05) is 0 Å². The number of aliphatic hydroxyl groups is 1. The molecular formula is C31H40O2. The maximum Gasteiger partial charge on any atom is 0.209 e. The van der Waals surface area contributed by atoms with Gasteiger partial charge >= 0.3 is 0 Å². The Labute approximate surface area is 200 Å². The van der Waals surface area contributed by atoms with Gasteiger partial charge in [0.1, 0.15) is 0 Å². The molecule has 0 spiro atoms. The summed E-state index contributed by atoms with van der Waals surface area (Å²) in [5, 5.41) is 10.2. The van der Waals surface area contributed by atoms with Crippen molar-refractivity contribution in [3.63, 3.8) is 0 Å². The van der Waals surface area contributed by atoms with E-state index in [4.69, 9.17) is 0 Å². The Kier molecular flexibility index (Phi) is 5.64. The standard InChI is InChI=1S/C31H40O2/c1-19-16-21(3)22(17-20(19)2)6-11-29(33)28-10-9-26-25-8-7-23-18-24(32)12-14-30(23,4)27(25)13-15-31(26,28)5/h7,16-17,24-28,32H,8-10,12-15,18H2,1-5H3/t24-,25-,26-,27-,28+,30-,31-/m0/s1. The van der Waals surface area contributed by atoms with Gasteiger partial charge in [0, 0.05) is 11.5 Å². The number of aryl methyl sites for hydroxylation is 3. The van der Waals surface area contributed by atoms with Crippen LogP contribution >= 0.6 is 0 Å². The maximum atomic E-state index is 13.4. The normalized spacial score (nSPS) is 39.5. The number of Topliss-reactive ketones (excluding diaryl/α,β-unsaturated/α-hetero) is 1. The van der Waals surface area contributed by atoms with E-state index in [1.165, 1.54) is 29.5 Å². The fourth-order valence-corrected chi connectivity index (χ4v) is 8.38. The molecule has 1 aromatic rings. The highest BCUT2D eigenvalue weighted by Crippen LogP contribution is 2.66. The number of aliphatic hydroxyl groups excluding tert-OH is 1. The van der Waals surface area contributed by atoms with E-state index >= 15 is 0 Å². The number of carbonyl (C=O) groups is 1. The van der Waals surface area contributed by atoms with Crippen molar-refractivity contribution in [3.05, 3.63) is 46.0 Å². The second-order valence-electron chi connectivity index (χ2n) is 12.2. The van der Waals surface area contributed by atoms with Gasteiger partial charge in [-0.15, -0.1) is 0 Å². The molecule has 4 aliphatic carbocycles. The van der Waals surface area contributed by atoms with Crippen LogP contribution in [0.2, 0.25) is 0 Å². The molecule has 7 atom stereocenters. The number of allylic oxidation sites excluding steroid dienone is 1. The summed E-state index contributed by atoms with van der Waals surface area (Å²) in [5.41, 5.74) is 6.52. The third-order valence-electron chi connectivity index (χ3n) is 10.6. The summed E-state index contributed by atoms with van der Waals surface area (Å²) in [4.78, 5) is 13.4. The van der Waals surface area contributed by atoms with Gasteiger partial charge in [-0.2, -0.15) is 0 Å². The van der Waals surface area contributed by atoms with Crippen LogP contribution in [0.25, 0.3) is 0 Å². The van der Waals surface area contributed by atoms with Crippen LogP contribution < -0.4 is 0 Å². The van der Waals surface area contributed by atoms with Crippen molar-refractivity contribution in [3.8, 4) is 11.8 Å². The van der Waals surface area contributed by atoms with Crippen LogP contribution in [0.4, 0.5) is 0 Å². The third kappa shape index (κ3) is 3.63. The van der Waals surface area contributed by atoms with Gasteiger partial charge in [0.15, 0.2) is 0 Å². The monoisotopic (exact) mass is 444 g/mol. The Morgan fingerprint density at radius 2 is 1.73 bits per heavy atom. The lowest BCUT2D eigenvalue weighted by molar-refractivity contribution is -0.124. The van der Waals surface area contributed by atoms with Crippen molar-refractivity contribution < 1.29 is 9.90 Å². The predicted octanol–water partition coefficient (Wildman–Crippen LogP) is 6.47. The van der Waals surface area contributed by atoms with E-state index in [0.717, 1.165) is 49.7 Å². The quantitative estimate of drug-likeness (QED) is 0.398. The first-order valence-electron chi connectivity index (χ1n) is 13.1. The zero-order chi connectivity index (χ0) is 23.5. The van der Waals surface area contributed by atoms with Crippen LogP contribution in [0.5, 0.6) is 0 Å². The molecule has 176 valence electrons. The van der Waals surface area contributed by atoms with Crippen LogP contribution in [0.3, 0.4) is 0 Å². The molecule has 3 saturated carbocycles. The molecule has 0 saturated heterocycles. The van der Waals surface area contributed by atoms with Gasteiger partial charge in [-0.3, -0.25) is 4.79 Å². The Bertz CT molecular complexity index is 1070. The summed E-state index contributed by atoms with van der Waals surface area (Å²) < 4.78 is 0. The fourth-order valence-electron chi connectivity index (χ4n) is 8.38. The molecule has 0 unspecified atom stereocenters. The van der Waals surface area contributed by atoms with Crippen molar-refractivity contribution in [2.75, 3.05) is 0 Å². The van der Waals surface area contributed by atoms with Crippen LogP contribution in [-0.2, 0) is 4.79 Å². The highest BCUT2D eigenvalue weighted by Gasteiger charge is 2.59. The number of fused-ring (bicyclic) bond motifs is 5. The first-order chi connectivity index (χ1) is 15.6. The molecule has 33 heavy (non-hydrogen) atoms. The number of benzene rings is 1. The van der Waals surface area contributed by atoms with Gasteiger partial charge in [0.25, 0.3) is 0 Å². The number of hydrogen-bond donors (Lipinski definition) is 1. The van der Waals surface area contributed by atoms with Gasteiger partial charge < -0.3 is 5.11 Å². The first kappa shape index (κ1) is 22.9. The molecule has 0 radical (unpaired) electrons. The number of rotatable bonds is 1. The molecule has 0 aliphatic heterocycles. The van der Waals surface area contributed by atoms with Gasteiger partial charge in [-0.1, -0.05) is 37.5 Å². The largest absolute Gasteiger partial charge is 0.393 e. The summed E-state index contributed by atoms with van der Waals surface area (Å²) in [6.45, 7) is 11.2. The number of ketones is 1. The van der Waals surface area contributed by atoms with Crippen LogP contribution in [0.1, 0.15) is 87.5 Å². The molecule has 0 aromatic heterocycles. The van der Waals surface area contributed by atoms with E-state index in [2.05, 4.69) is 64.7 Å². The number of hydrogen-bond acceptors (Lipinski definition) is 2. The van der Waals surface area contributed by atoms with E-state index < -0.39 is 0 Å². The molecule has 5 rings (SSSR count). The minimum atomic E-state index is -0.150. The highest BCUT2D eigenvalue weighted by molar-refractivity contribution is 5.98. The maximum absolute atomic E-state index is 13.4. The Morgan fingerprint density at radius 1 is 0.970 bits per heavy atom. The second-order valence-corrected chi connectivity index (χ2v) is 12.2. The molecule has 0 heterocycles. The van der Waals surface area contributed by atoms with Crippen molar-refractivity contribution in [2.45, 2.75) is 92.1 Å². The van der Waals surface area contributed by atoms with Crippen molar-refractivity contribution in [2.24, 2.45) is 34.5 Å². The summed E-state index contributed by atoms with van der Waals surface area (Å²) in [6.07, 6.45) is 10.9. The Balaban J connectivity index is 1.38. The average molecular weight is 445 g/mol. The van der Waals surface area contributed by atoms with Crippen LogP contribution in [-0.4, -0.2) is 17.0 Å². The van der Waals surface area contributed by atoms with Crippen molar-refractivity contribution >= 4 is 5.78 Å². The molecule has 2 nitrogen and oxygen atoms in total. The lowest BCUT2D eigenvalue weighted by Crippen LogP contribution is -2.51. The van der Waals surface area contributed by atoms with E-state index in [0.29, 0.717) is 17.8 Å². The highest BCUT2D eigenvalue weighted by atomic mass is 16.3. The summed E-state index contributed by atoms with van der Waals surface area (Å²) in [6, 6.07) is 4.30. The second kappa shape index (κ2) is 8.13. The molecule has 1 aromatic carbocycles. The third-order valence-corrected chi connectivity index (χ3v) is 10.6. The Hall–Kier alpha value is -1.85. The van der Waals surface area contributed by atoms with E-state index in [1.54, 1.807) is 0 Å². The zero-order valence-corrected chi connectivity index (χ0v) is 21.1. The fraction of sp³-hybridized carbons (Fsp3) is 0.645. The predicted molar refractivity (Wildman–Crippen MR) is 134 cm³/mol. The lowest BCUT2D eigenvalue weighted by Gasteiger charge is -2.57. The molecule has 4 aliphatic rings. The first-order valence-corrected chi connectivity index (χ1v) is 13.1. The van der Waals surface area contributed by atoms with E-state index in [9.17, 15) is 9.90 Å². The zero-order valence-electron chi connectivity index (χ0n) is 21.1. The lowest BCUT2D eigenvalue weighted by atomic mass is 9.47. The molecule has 2 heteroatoms. The smallest absolute Gasteiger partial charge is 0.209 e. The van der Waals surface area contributed by atoms with Gasteiger partial charge in [0.05, 0.1) is 6.10 Å². The van der Waals surface area contributed by atoms with Crippen molar-refractivity contribution in [1.29, 1.82) is 0 Å². The van der Waals surface area contributed by atoms with Gasteiger partial charge in [0.2, 0.25) is 5.78 Å². The summed E-state index contributed by atoms with van der Waals surface area (Å²) >= 11 is 0. The molecule has 0 amide bonds. The van der Waals surface area contributed by atoms with Crippen molar-refractivity contribution in [1.82, 2.24) is 0 Å². The summed E-state index contributed by atoms with van der Waals surface area (Å²) in [7, 11) is 0. The van der Waals surface area contributed by atoms with E-state index in [-0.39, 0.29) is 28.6 Å². The van der Waals surface area contributed by atoms with Crippen LogP contribution in [0.15, 0.2) is 23.8 Å². The molecular weight excluding hydrogens is 404 g/mol. The average Bonchev–Trinajstić information content (AvgIpc) is 3.13. The van der Waals surface area contributed by atoms with Crippen LogP contribution in [0, 0.1) is 67.1 Å². The van der Waals surface area contributed by atoms with Gasteiger partial charge in [-0.25, -0.2) is 0 Å². The molecule has 0 bridgehead atoms. The minimum Gasteiger partial charge on any atom is -0.393 e. The topological polar surface area (TPSA) is 37.3 Å². The van der Waals surface area contributed by atoms with Gasteiger partial charge in [-0.05, 0) is 129 Å². The SMILES string of the molecule is Cc1cc(C)c(C#CC(=O)[C@H]2CC[C@H]3[C@@H]4CC=C5C[C@@H](O)CC[C@]5(C)[C@H]4CC[C@]23C)cc1C. The summed E-state index contributed by atoms with van der Waals surface area (Å²) in [5.74, 6) is 8.58. The molecule has 1 N–H and O–H groups in total. The Morgan fingerprint density at radius 3 is 2.52 bits per heavy atom. The molecule has 3 fully saturated rings. The minimum absolute atomic E-state index is 0.0779. The number of carbonyl (C=O) groups excluding carboxylic acids is 1.